The maximum absolute atomic E-state index is 13.0. The van der Waals surface area contributed by atoms with Crippen LogP contribution in [-0.4, -0.2) is 15.8 Å². The Hall–Kier alpha value is -1.59. The van der Waals surface area contributed by atoms with Gasteiger partial charge in [-0.15, -0.1) is 23.1 Å². The summed E-state index contributed by atoms with van der Waals surface area (Å²) in [6, 6.07) is 8.39. The normalized spacial score (nSPS) is 17.2. The quantitative estimate of drug-likeness (QED) is 0.654. The average Bonchev–Trinajstić information content (AvgIpc) is 2.96. The standard InChI is InChI=1S/C19H20N2OS2/c1-12-3-8-15-16(9-12)24-18-17(15)19(22)21(11-20-18)10-13-4-6-14(23-2)7-5-13/h4-7,11-12H,3,8-10H2,1-2H3. The molecule has 3 nitrogen and oxygen atoms in total. The van der Waals surface area contributed by atoms with Crippen molar-refractivity contribution in [3.63, 3.8) is 0 Å². The highest BCUT2D eigenvalue weighted by atomic mass is 32.2. The first-order chi connectivity index (χ1) is 11.7. The molecular weight excluding hydrogens is 336 g/mol. The van der Waals surface area contributed by atoms with Crippen LogP contribution in [0.15, 0.2) is 40.3 Å². The van der Waals surface area contributed by atoms with E-state index in [-0.39, 0.29) is 5.56 Å². The van der Waals surface area contributed by atoms with Gasteiger partial charge in [0, 0.05) is 9.77 Å². The van der Waals surface area contributed by atoms with E-state index in [1.807, 2.05) is 0 Å². The third kappa shape index (κ3) is 2.80. The summed E-state index contributed by atoms with van der Waals surface area (Å²) in [5, 5.41) is 0.866. The zero-order chi connectivity index (χ0) is 16.7. The molecule has 0 radical (unpaired) electrons. The summed E-state index contributed by atoms with van der Waals surface area (Å²) in [6.07, 6.45) is 7.05. The van der Waals surface area contributed by atoms with Crippen molar-refractivity contribution in [2.24, 2.45) is 5.92 Å². The summed E-state index contributed by atoms with van der Waals surface area (Å²) < 4.78 is 1.75. The molecule has 1 aromatic carbocycles. The van der Waals surface area contributed by atoms with Crippen molar-refractivity contribution in [2.45, 2.75) is 37.6 Å². The van der Waals surface area contributed by atoms with Crippen molar-refractivity contribution in [3.05, 3.63) is 57.0 Å². The number of nitrogens with zero attached hydrogens (tertiary/aromatic N) is 2. The van der Waals surface area contributed by atoms with Crippen molar-refractivity contribution in [1.82, 2.24) is 9.55 Å². The number of aryl methyl sites for hydroxylation is 1. The minimum absolute atomic E-state index is 0.112. The summed E-state index contributed by atoms with van der Waals surface area (Å²) in [4.78, 5) is 21.1. The molecule has 1 unspecified atom stereocenters. The summed E-state index contributed by atoms with van der Waals surface area (Å²) in [5.74, 6) is 0.711. The van der Waals surface area contributed by atoms with Gasteiger partial charge in [-0.1, -0.05) is 19.1 Å². The Bertz CT molecular complexity index is 940. The third-order valence-corrected chi connectivity index (χ3v) is 6.70. The van der Waals surface area contributed by atoms with Gasteiger partial charge in [-0.05, 0) is 54.7 Å². The Balaban J connectivity index is 1.74. The van der Waals surface area contributed by atoms with Crippen molar-refractivity contribution in [1.29, 1.82) is 0 Å². The summed E-state index contributed by atoms with van der Waals surface area (Å²) in [5.41, 5.74) is 2.51. The maximum atomic E-state index is 13.0. The molecule has 3 aromatic rings. The van der Waals surface area contributed by atoms with E-state index in [1.54, 1.807) is 34.0 Å². The Labute approximate surface area is 149 Å². The fourth-order valence-electron chi connectivity index (χ4n) is 3.41. The fraction of sp³-hybridized carbons (Fsp3) is 0.368. The molecule has 0 bridgehead atoms. The molecule has 0 fully saturated rings. The van der Waals surface area contributed by atoms with Crippen LogP contribution < -0.4 is 5.56 Å². The van der Waals surface area contributed by atoms with Crippen LogP contribution in [0.5, 0.6) is 0 Å². The largest absolute Gasteiger partial charge is 0.294 e. The number of fused-ring (bicyclic) bond motifs is 3. The summed E-state index contributed by atoms with van der Waals surface area (Å²) in [6.45, 7) is 2.87. The van der Waals surface area contributed by atoms with Crippen LogP contribution in [0.3, 0.4) is 0 Å². The zero-order valence-electron chi connectivity index (χ0n) is 13.9. The lowest BCUT2D eigenvalue weighted by molar-refractivity contribution is 0.509. The van der Waals surface area contributed by atoms with Crippen molar-refractivity contribution in [3.8, 4) is 0 Å². The third-order valence-electron chi connectivity index (χ3n) is 4.79. The van der Waals surface area contributed by atoms with Gasteiger partial charge in [0.05, 0.1) is 18.3 Å². The summed E-state index contributed by atoms with van der Waals surface area (Å²) in [7, 11) is 0. The molecule has 2 aromatic heterocycles. The highest BCUT2D eigenvalue weighted by Crippen LogP contribution is 2.35. The van der Waals surface area contributed by atoms with E-state index >= 15 is 0 Å². The van der Waals surface area contributed by atoms with Crippen LogP contribution >= 0.6 is 23.1 Å². The lowest BCUT2D eigenvalue weighted by Gasteiger charge is -2.17. The monoisotopic (exact) mass is 356 g/mol. The SMILES string of the molecule is CSc1ccc(Cn2cnc3sc4c(c3c2=O)CCC(C)C4)cc1. The van der Waals surface area contributed by atoms with E-state index in [1.165, 1.54) is 21.8 Å². The van der Waals surface area contributed by atoms with E-state index in [9.17, 15) is 4.79 Å². The number of thioether (sulfide) groups is 1. The molecular formula is C19H20N2OS2. The average molecular weight is 357 g/mol. The number of rotatable bonds is 3. The molecule has 4 rings (SSSR count). The molecule has 0 spiro atoms. The van der Waals surface area contributed by atoms with Gasteiger partial charge in [0.15, 0.2) is 0 Å². The minimum Gasteiger partial charge on any atom is -0.294 e. The van der Waals surface area contributed by atoms with Crippen LogP contribution in [0.1, 0.15) is 29.3 Å². The van der Waals surface area contributed by atoms with Crippen molar-refractivity contribution in [2.75, 3.05) is 6.26 Å². The Kier molecular flexibility index (Phi) is 4.22. The predicted molar refractivity (Wildman–Crippen MR) is 102 cm³/mol. The second-order valence-electron chi connectivity index (χ2n) is 6.56. The van der Waals surface area contributed by atoms with Gasteiger partial charge in [-0.3, -0.25) is 9.36 Å². The van der Waals surface area contributed by atoms with Crippen LogP contribution in [0.4, 0.5) is 0 Å². The first-order valence-electron chi connectivity index (χ1n) is 8.28. The molecule has 1 aliphatic rings. The zero-order valence-corrected chi connectivity index (χ0v) is 15.5. The molecule has 1 atom stereocenters. The molecule has 0 amide bonds. The van der Waals surface area contributed by atoms with Crippen LogP contribution in [0.25, 0.3) is 10.2 Å². The van der Waals surface area contributed by atoms with Crippen LogP contribution in [0, 0.1) is 5.92 Å². The second kappa shape index (κ2) is 6.37. The number of aromatic nitrogens is 2. The molecule has 1 aliphatic carbocycles. The van der Waals surface area contributed by atoms with E-state index in [2.05, 4.69) is 42.4 Å². The Morgan fingerprint density at radius 1 is 1.33 bits per heavy atom. The highest BCUT2D eigenvalue weighted by Gasteiger charge is 2.23. The topological polar surface area (TPSA) is 34.9 Å². The van der Waals surface area contributed by atoms with Crippen molar-refractivity contribution < 1.29 is 0 Å². The molecule has 24 heavy (non-hydrogen) atoms. The lowest BCUT2D eigenvalue weighted by atomic mass is 9.89. The molecule has 0 saturated heterocycles. The van der Waals surface area contributed by atoms with E-state index in [0.29, 0.717) is 12.5 Å². The molecule has 0 aliphatic heterocycles. The first-order valence-corrected chi connectivity index (χ1v) is 10.3. The molecule has 124 valence electrons. The fourth-order valence-corrected chi connectivity index (χ4v) is 5.16. The van der Waals surface area contributed by atoms with Gasteiger partial charge >= 0.3 is 0 Å². The Morgan fingerprint density at radius 3 is 2.88 bits per heavy atom. The van der Waals surface area contributed by atoms with Gasteiger partial charge in [0.1, 0.15) is 4.83 Å². The summed E-state index contributed by atoms with van der Waals surface area (Å²) >= 11 is 3.44. The molecule has 0 saturated carbocycles. The predicted octanol–water partition coefficient (Wildman–Crippen LogP) is 4.35. The Morgan fingerprint density at radius 2 is 2.12 bits per heavy atom. The molecule has 5 heteroatoms. The van der Waals surface area contributed by atoms with E-state index in [4.69, 9.17) is 0 Å². The van der Waals surface area contributed by atoms with E-state index in [0.717, 1.165) is 28.6 Å². The minimum atomic E-state index is 0.112. The van der Waals surface area contributed by atoms with Crippen LogP contribution in [0.2, 0.25) is 0 Å². The molecule has 0 N–H and O–H groups in total. The van der Waals surface area contributed by atoms with Gasteiger partial charge < -0.3 is 0 Å². The number of hydrogen-bond donors (Lipinski definition) is 0. The lowest BCUT2D eigenvalue weighted by Crippen LogP contribution is -2.22. The van der Waals surface area contributed by atoms with Gasteiger partial charge in [0.2, 0.25) is 0 Å². The second-order valence-corrected chi connectivity index (χ2v) is 8.52. The number of hydrogen-bond acceptors (Lipinski definition) is 4. The van der Waals surface area contributed by atoms with Crippen LogP contribution in [-0.2, 0) is 19.4 Å². The number of thiophene rings is 1. The van der Waals surface area contributed by atoms with Gasteiger partial charge in [-0.2, -0.15) is 0 Å². The van der Waals surface area contributed by atoms with Crippen molar-refractivity contribution >= 4 is 33.3 Å². The number of benzene rings is 1. The maximum Gasteiger partial charge on any atom is 0.262 e. The molecule has 2 heterocycles. The van der Waals surface area contributed by atoms with Gasteiger partial charge in [0.25, 0.3) is 5.56 Å². The highest BCUT2D eigenvalue weighted by molar-refractivity contribution is 7.98. The smallest absolute Gasteiger partial charge is 0.262 e. The van der Waals surface area contributed by atoms with E-state index < -0.39 is 0 Å². The first kappa shape index (κ1) is 15.9. The van der Waals surface area contributed by atoms with Gasteiger partial charge in [-0.25, -0.2) is 4.98 Å².